The number of rotatable bonds is 2. The van der Waals surface area contributed by atoms with Crippen molar-refractivity contribution in [1.82, 2.24) is 9.88 Å². The molecule has 122 valence electrons. The maximum Gasteiger partial charge on any atom is 0.191 e. The second kappa shape index (κ2) is 5.03. The zero-order valence-electron chi connectivity index (χ0n) is 12.9. The minimum absolute atomic E-state index is 0.0724. The molecule has 0 amide bonds. The van der Waals surface area contributed by atoms with Crippen molar-refractivity contribution in [2.45, 2.75) is 31.1 Å². The Hall–Kier alpha value is -1.44. The number of aliphatic imine (C=N–C) groups is 1. The van der Waals surface area contributed by atoms with Crippen LogP contribution in [-0.4, -0.2) is 58.9 Å². The summed E-state index contributed by atoms with van der Waals surface area (Å²) in [6, 6.07) is 0. The van der Waals surface area contributed by atoms with E-state index < -0.39 is 6.23 Å². The van der Waals surface area contributed by atoms with E-state index in [0.717, 1.165) is 34.7 Å². The SMILES string of the molecule is OC1C=Cc2nc(CC3=NC[C@@]4(CN5CCC4CC5)O3)sc2N1. The van der Waals surface area contributed by atoms with Crippen LogP contribution in [0.4, 0.5) is 5.00 Å². The topological polar surface area (TPSA) is 70.0 Å². The van der Waals surface area contributed by atoms with Gasteiger partial charge in [-0.3, -0.25) is 9.89 Å². The quantitative estimate of drug-likeness (QED) is 0.855. The second-order valence-corrected chi connectivity index (χ2v) is 7.96. The van der Waals surface area contributed by atoms with Gasteiger partial charge in [0.1, 0.15) is 21.8 Å². The number of ether oxygens (including phenoxy) is 1. The zero-order chi connectivity index (χ0) is 15.4. The largest absolute Gasteiger partial charge is 0.470 e. The molecular weight excluding hydrogens is 312 g/mol. The van der Waals surface area contributed by atoms with Gasteiger partial charge in [-0.25, -0.2) is 4.98 Å². The van der Waals surface area contributed by atoms with Crippen LogP contribution in [0.15, 0.2) is 11.1 Å². The van der Waals surface area contributed by atoms with Crippen LogP contribution in [0.25, 0.3) is 6.08 Å². The molecule has 5 aliphatic rings. The van der Waals surface area contributed by atoms with Crippen LogP contribution in [-0.2, 0) is 11.2 Å². The monoisotopic (exact) mass is 332 g/mol. The number of aliphatic hydroxyl groups is 1. The van der Waals surface area contributed by atoms with Gasteiger partial charge >= 0.3 is 0 Å². The first kappa shape index (κ1) is 13.9. The molecule has 6 rings (SSSR count). The Labute approximate surface area is 138 Å². The summed E-state index contributed by atoms with van der Waals surface area (Å²) in [5.41, 5.74) is 0.822. The van der Waals surface area contributed by atoms with Gasteiger partial charge in [0.2, 0.25) is 0 Å². The van der Waals surface area contributed by atoms with E-state index in [2.05, 4.69) is 15.2 Å². The second-order valence-electron chi connectivity index (χ2n) is 6.87. The molecule has 0 aromatic carbocycles. The summed E-state index contributed by atoms with van der Waals surface area (Å²) in [5.74, 6) is 1.48. The van der Waals surface area contributed by atoms with Crippen molar-refractivity contribution in [2.24, 2.45) is 10.9 Å². The van der Waals surface area contributed by atoms with E-state index in [9.17, 15) is 5.11 Å². The summed E-state index contributed by atoms with van der Waals surface area (Å²) < 4.78 is 6.37. The third-order valence-corrected chi connectivity index (χ3v) is 6.38. The number of aromatic nitrogens is 1. The molecule has 6 nitrogen and oxygen atoms in total. The molecule has 0 radical (unpaired) electrons. The summed E-state index contributed by atoms with van der Waals surface area (Å²) in [6.45, 7) is 4.25. The molecule has 2 bridgehead atoms. The molecule has 2 N–H and O–H groups in total. The van der Waals surface area contributed by atoms with Gasteiger partial charge in [0, 0.05) is 12.5 Å². The Morgan fingerprint density at radius 3 is 3.09 bits per heavy atom. The highest BCUT2D eigenvalue weighted by atomic mass is 32.1. The number of fused-ring (bicyclic) bond motifs is 3. The third-order valence-electron chi connectivity index (χ3n) is 5.38. The molecule has 1 unspecified atom stereocenters. The normalized spacial score (nSPS) is 37.4. The summed E-state index contributed by atoms with van der Waals surface area (Å²) in [5, 5.41) is 14.5. The van der Waals surface area contributed by atoms with Crippen LogP contribution >= 0.6 is 11.3 Å². The van der Waals surface area contributed by atoms with E-state index in [1.54, 1.807) is 17.4 Å². The Morgan fingerprint density at radius 2 is 2.30 bits per heavy atom. The minimum Gasteiger partial charge on any atom is -0.470 e. The van der Waals surface area contributed by atoms with Gasteiger partial charge in [-0.1, -0.05) is 0 Å². The molecule has 23 heavy (non-hydrogen) atoms. The molecule has 0 aliphatic carbocycles. The van der Waals surface area contributed by atoms with Crippen LogP contribution in [0.3, 0.4) is 0 Å². The average Bonchev–Trinajstić information content (AvgIpc) is 3.12. The van der Waals surface area contributed by atoms with Crippen molar-refractivity contribution < 1.29 is 9.84 Å². The van der Waals surface area contributed by atoms with Gasteiger partial charge in [0.15, 0.2) is 5.90 Å². The fraction of sp³-hybridized carbons (Fsp3) is 0.625. The van der Waals surface area contributed by atoms with Crippen molar-refractivity contribution in [3.63, 3.8) is 0 Å². The predicted molar refractivity (Wildman–Crippen MR) is 89.8 cm³/mol. The first-order valence-electron chi connectivity index (χ1n) is 8.27. The molecule has 1 aromatic rings. The molecule has 1 spiro atoms. The van der Waals surface area contributed by atoms with Crippen molar-refractivity contribution in [1.29, 1.82) is 0 Å². The molecular formula is C16H20N4O2S. The van der Waals surface area contributed by atoms with Gasteiger partial charge in [-0.05, 0) is 38.1 Å². The Morgan fingerprint density at radius 1 is 1.43 bits per heavy atom. The van der Waals surface area contributed by atoms with Gasteiger partial charge in [-0.15, -0.1) is 11.3 Å². The standard InChI is InChI=1S/C16H20N4O2S/c21-12-2-1-11-15(19-12)23-14(18-11)7-13-17-8-16(22-13)9-20-5-3-10(16)4-6-20/h1-2,10,12,19,21H,3-9H2/t12?,16-/m0/s1. The van der Waals surface area contributed by atoms with Gasteiger partial charge in [0.05, 0.1) is 18.7 Å². The van der Waals surface area contributed by atoms with Crippen LogP contribution in [0.2, 0.25) is 0 Å². The lowest BCUT2D eigenvalue weighted by Gasteiger charge is -2.50. The molecule has 7 heteroatoms. The number of anilines is 1. The number of piperidine rings is 3. The minimum atomic E-state index is -0.619. The maximum atomic E-state index is 9.60. The molecule has 1 aromatic heterocycles. The molecule has 2 atom stereocenters. The van der Waals surface area contributed by atoms with Crippen molar-refractivity contribution in [3.8, 4) is 0 Å². The lowest BCUT2D eigenvalue weighted by Crippen LogP contribution is -2.60. The van der Waals surface area contributed by atoms with E-state index in [4.69, 9.17) is 9.73 Å². The van der Waals surface area contributed by atoms with Gasteiger partial charge < -0.3 is 15.2 Å². The summed E-state index contributed by atoms with van der Waals surface area (Å²) >= 11 is 1.57. The summed E-state index contributed by atoms with van der Waals surface area (Å²) in [6.07, 6.45) is 6.07. The van der Waals surface area contributed by atoms with Crippen LogP contribution in [0, 0.1) is 5.92 Å². The van der Waals surface area contributed by atoms with E-state index in [0.29, 0.717) is 12.3 Å². The van der Waals surface area contributed by atoms with Crippen molar-refractivity contribution in [2.75, 3.05) is 31.5 Å². The number of hydrogen-bond acceptors (Lipinski definition) is 7. The third kappa shape index (κ3) is 2.29. The Balaban J connectivity index is 1.30. The van der Waals surface area contributed by atoms with Crippen LogP contribution in [0.1, 0.15) is 23.5 Å². The number of hydrogen-bond donors (Lipinski definition) is 2. The highest BCUT2D eigenvalue weighted by molar-refractivity contribution is 7.16. The van der Waals surface area contributed by atoms with E-state index in [-0.39, 0.29) is 5.60 Å². The number of nitrogens with one attached hydrogen (secondary N) is 1. The lowest BCUT2D eigenvalue weighted by atomic mass is 9.75. The van der Waals surface area contributed by atoms with E-state index in [1.165, 1.54) is 25.9 Å². The first-order valence-corrected chi connectivity index (χ1v) is 9.09. The molecule has 0 saturated carbocycles. The van der Waals surface area contributed by atoms with E-state index >= 15 is 0 Å². The summed E-state index contributed by atoms with van der Waals surface area (Å²) in [7, 11) is 0. The smallest absolute Gasteiger partial charge is 0.191 e. The Kier molecular flexibility index (Phi) is 3.05. The average molecular weight is 332 g/mol. The highest BCUT2D eigenvalue weighted by Crippen LogP contribution is 2.41. The first-order chi connectivity index (χ1) is 11.2. The van der Waals surface area contributed by atoms with Crippen LogP contribution in [0.5, 0.6) is 0 Å². The van der Waals surface area contributed by atoms with Crippen LogP contribution < -0.4 is 5.32 Å². The molecule has 5 aliphatic heterocycles. The molecule has 3 fully saturated rings. The maximum absolute atomic E-state index is 9.60. The summed E-state index contributed by atoms with van der Waals surface area (Å²) in [4.78, 5) is 11.8. The number of aliphatic hydroxyl groups excluding tert-OH is 1. The number of thiazole rings is 1. The van der Waals surface area contributed by atoms with Gasteiger partial charge in [-0.2, -0.15) is 0 Å². The molecule has 6 heterocycles. The lowest BCUT2D eigenvalue weighted by molar-refractivity contribution is -0.0837. The van der Waals surface area contributed by atoms with Crippen molar-refractivity contribution in [3.05, 3.63) is 16.8 Å². The van der Waals surface area contributed by atoms with Gasteiger partial charge in [0.25, 0.3) is 0 Å². The number of nitrogens with zero attached hydrogens (tertiary/aromatic N) is 3. The highest BCUT2D eigenvalue weighted by Gasteiger charge is 2.51. The predicted octanol–water partition coefficient (Wildman–Crippen LogP) is 1.34. The fourth-order valence-corrected chi connectivity index (χ4v) is 5.17. The zero-order valence-corrected chi connectivity index (χ0v) is 13.7. The fourth-order valence-electron chi connectivity index (χ4n) is 4.20. The van der Waals surface area contributed by atoms with E-state index in [1.807, 2.05) is 6.08 Å². The van der Waals surface area contributed by atoms with Crippen molar-refractivity contribution >= 4 is 28.3 Å². The Bertz CT molecular complexity index is 692. The molecule has 3 saturated heterocycles.